The maximum absolute atomic E-state index is 6.00. The zero-order valence-electron chi connectivity index (χ0n) is 12.3. The predicted molar refractivity (Wildman–Crippen MR) is 85.1 cm³/mol. The minimum absolute atomic E-state index is 0.527. The first-order valence-corrected chi connectivity index (χ1v) is 8.27. The van der Waals surface area contributed by atoms with Crippen LogP contribution in [0.25, 0.3) is 0 Å². The fourth-order valence-corrected chi connectivity index (χ4v) is 3.52. The summed E-state index contributed by atoms with van der Waals surface area (Å²) in [6.45, 7) is 3.65. The lowest BCUT2D eigenvalue weighted by molar-refractivity contribution is 0.201. The molecule has 1 aromatic carbocycles. The van der Waals surface area contributed by atoms with Crippen molar-refractivity contribution in [2.24, 2.45) is 11.8 Å². The summed E-state index contributed by atoms with van der Waals surface area (Å²) >= 11 is 6.00. The van der Waals surface area contributed by atoms with Crippen molar-refractivity contribution < 1.29 is 0 Å². The fraction of sp³-hybridized carbons (Fsp3) is 0.647. The number of rotatable bonds is 5. The van der Waals surface area contributed by atoms with E-state index in [-0.39, 0.29) is 0 Å². The summed E-state index contributed by atoms with van der Waals surface area (Å²) < 4.78 is 0. The molecule has 2 aliphatic rings. The molecule has 1 heterocycles. The van der Waals surface area contributed by atoms with Crippen LogP contribution in [0.4, 0.5) is 0 Å². The third-order valence-electron chi connectivity index (χ3n) is 4.67. The van der Waals surface area contributed by atoms with Gasteiger partial charge in [-0.25, -0.2) is 0 Å². The van der Waals surface area contributed by atoms with E-state index in [4.69, 9.17) is 11.6 Å². The van der Waals surface area contributed by atoms with E-state index < -0.39 is 0 Å². The summed E-state index contributed by atoms with van der Waals surface area (Å²) in [5, 5.41) is 4.67. The lowest BCUT2D eigenvalue weighted by atomic mass is 9.96. The zero-order valence-corrected chi connectivity index (χ0v) is 13.1. The number of piperidine rings is 1. The van der Waals surface area contributed by atoms with Crippen molar-refractivity contribution in [2.45, 2.75) is 31.7 Å². The van der Waals surface area contributed by atoms with E-state index in [1.807, 2.05) is 12.1 Å². The summed E-state index contributed by atoms with van der Waals surface area (Å²) in [7, 11) is 2.24. The Bertz CT molecular complexity index is 427. The topological polar surface area (TPSA) is 15.3 Å². The van der Waals surface area contributed by atoms with Crippen molar-refractivity contribution in [2.75, 3.05) is 26.7 Å². The van der Waals surface area contributed by atoms with Crippen LogP contribution in [0.1, 0.15) is 37.3 Å². The predicted octanol–water partition coefficient (Wildman–Crippen LogP) is 3.72. The highest BCUT2D eigenvalue weighted by Crippen LogP contribution is 2.41. The van der Waals surface area contributed by atoms with Crippen LogP contribution < -0.4 is 5.32 Å². The molecule has 1 saturated carbocycles. The molecule has 2 nitrogen and oxygen atoms in total. The molecule has 1 aliphatic heterocycles. The standard InChI is InChI=1S/C17H25ClN2/c1-20-10-2-3-13(12-20)11-19-17(14-4-5-14)15-6-8-16(18)9-7-15/h6-9,13-14,17,19H,2-5,10-12H2,1H3. The number of hydrogen-bond donors (Lipinski definition) is 1. The molecule has 0 spiro atoms. The number of hydrogen-bond acceptors (Lipinski definition) is 2. The third kappa shape index (κ3) is 3.75. The monoisotopic (exact) mass is 292 g/mol. The van der Waals surface area contributed by atoms with Crippen LogP contribution in [0.5, 0.6) is 0 Å². The minimum Gasteiger partial charge on any atom is -0.309 e. The molecule has 1 saturated heterocycles. The Morgan fingerprint density at radius 2 is 2.00 bits per heavy atom. The van der Waals surface area contributed by atoms with Gasteiger partial charge in [-0.05, 0) is 75.4 Å². The number of nitrogens with one attached hydrogen (secondary N) is 1. The Morgan fingerprint density at radius 1 is 1.25 bits per heavy atom. The lowest BCUT2D eigenvalue weighted by Crippen LogP contribution is -2.38. The van der Waals surface area contributed by atoms with Gasteiger partial charge in [-0.1, -0.05) is 23.7 Å². The summed E-state index contributed by atoms with van der Waals surface area (Å²) in [5.74, 6) is 1.64. The van der Waals surface area contributed by atoms with Gasteiger partial charge in [-0.2, -0.15) is 0 Å². The maximum Gasteiger partial charge on any atom is 0.0406 e. The van der Waals surface area contributed by atoms with Gasteiger partial charge < -0.3 is 10.2 Å². The summed E-state index contributed by atoms with van der Waals surface area (Å²) in [6, 6.07) is 8.93. The van der Waals surface area contributed by atoms with Crippen LogP contribution >= 0.6 is 11.6 Å². The number of benzene rings is 1. The average molecular weight is 293 g/mol. The second-order valence-electron chi connectivity index (χ2n) is 6.55. The second kappa shape index (κ2) is 6.46. The van der Waals surface area contributed by atoms with Crippen LogP contribution in [0, 0.1) is 11.8 Å². The first-order valence-electron chi connectivity index (χ1n) is 7.90. The molecule has 3 rings (SSSR count). The van der Waals surface area contributed by atoms with Crippen molar-refractivity contribution in [3.8, 4) is 0 Å². The summed E-state index contributed by atoms with van der Waals surface area (Å²) in [4.78, 5) is 2.46. The van der Waals surface area contributed by atoms with E-state index in [2.05, 4.69) is 29.4 Å². The molecular formula is C17H25ClN2. The van der Waals surface area contributed by atoms with Crippen LogP contribution in [-0.4, -0.2) is 31.6 Å². The molecule has 0 radical (unpaired) electrons. The molecule has 0 amide bonds. The summed E-state index contributed by atoms with van der Waals surface area (Å²) in [6.07, 6.45) is 5.45. The lowest BCUT2D eigenvalue weighted by Gasteiger charge is -2.31. The van der Waals surface area contributed by atoms with Gasteiger partial charge in [0.2, 0.25) is 0 Å². The first-order chi connectivity index (χ1) is 9.72. The average Bonchev–Trinajstić information content (AvgIpc) is 3.26. The molecule has 110 valence electrons. The van der Waals surface area contributed by atoms with Crippen LogP contribution in [0.2, 0.25) is 5.02 Å². The van der Waals surface area contributed by atoms with Gasteiger partial charge >= 0.3 is 0 Å². The Labute approximate surface area is 127 Å². The molecule has 1 N–H and O–H groups in total. The van der Waals surface area contributed by atoms with Gasteiger partial charge in [0.05, 0.1) is 0 Å². The van der Waals surface area contributed by atoms with Crippen molar-refractivity contribution in [1.82, 2.24) is 10.2 Å². The number of nitrogens with zero attached hydrogens (tertiary/aromatic N) is 1. The Hall–Kier alpha value is -0.570. The van der Waals surface area contributed by atoms with E-state index in [1.54, 1.807) is 0 Å². The molecule has 0 aromatic heterocycles. The Balaban J connectivity index is 1.59. The normalized spacial score (nSPS) is 25.6. The summed E-state index contributed by atoms with van der Waals surface area (Å²) in [5.41, 5.74) is 1.40. The highest BCUT2D eigenvalue weighted by atomic mass is 35.5. The smallest absolute Gasteiger partial charge is 0.0406 e. The zero-order chi connectivity index (χ0) is 13.9. The molecule has 2 fully saturated rings. The Morgan fingerprint density at radius 3 is 2.65 bits per heavy atom. The van der Waals surface area contributed by atoms with Gasteiger partial charge in [0.1, 0.15) is 0 Å². The van der Waals surface area contributed by atoms with Crippen molar-refractivity contribution in [3.63, 3.8) is 0 Å². The number of halogens is 1. The molecule has 1 aromatic rings. The van der Waals surface area contributed by atoms with Gasteiger partial charge in [0.15, 0.2) is 0 Å². The van der Waals surface area contributed by atoms with Gasteiger partial charge in [-0.15, -0.1) is 0 Å². The van der Waals surface area contributed by atoms with Gasteiger partial charge in [0.25, 0.3) is 0 Å². The molecule has 2 atom stereocenters. The molecule has 20 heavy (non-hydrogen) atoms. The highest BCUT2D eigenvalue weighted by molar-refractivity contribution is 6.30. The molecule has 3 heteroatoms. The SMILES string of the molecule is CN1CCCC(CNC(c2ccc(Cl)cc2)C2CC2)C1. The van der Waals surface area contributed by atoms with E-state index in [1.165, 1.54) is 44.3 Å². The van der Waals surface area contributed by atoms with E-state index in [0.717, 1.165) is 23.4 Å². The van der Waals surface area contributed by atoms with Gasteiger partial charge in [0, 0.05) is 17.6 Å². The van der Waals surface area contributed by atoms with Crippen molar-refractivity contribution >= 4 is 11.6 Å². The maximum atomic E-state index is 6.00. The quantitative estimate of drug-likeness (QED) is 0.890. The van der Waals surface area contributed by atoms with Gasteiger partial charge in [-0.3, -0.25) is 0 Å². The highest BCUT2D eigenvalue weighted by Gasteiger charge is 2.32. The number of likely N-dealkylation sites (tertiary alicyclic amines) is 1. The van der Waals surface area contributed by atoms with Crippen molar-refractivity contribution in [1.29, 1.82) is 0 Å². The molecule has 1 aliphatic carbocycles. The van der Waals surface area contributed by atoms with Crippen molar-refractivity contribution in [3.05, 3.63) is 34.9 Å². The van der Waals surface area contributed by atoms with E-state index >= 15 is 0 Å². The van der Waals surface area contributed by atoms with E-state index in [9.17, 15) is 0 Å². The first kappa shape index (κ1) is 14.4. The second-order valence-corrected chi connectivity index (χ2v) is 6.98. The van der Waals surface area contributed by atoms with Crippen LogP contribution in [-0.2, 0) is 0 Å². The van der Waals surface area contributed by atoms with E-state index in [0.29, 0.717) is 6.04 Å². The molecular weight excluding hydrogens is 268 g/mol. The fourth-order valence-electron chi connectivity index (χ4n) is 3.39. The largest absolute Gasteiger partial charge is 0.309 e. The third-order valence-corrected chi connectivity index (χ3v) is 4.92. The molecule has 2 unspecified atom stereocenters. The minimum atomic E-state index is 0.527. The van der Waals surface area contributed by atoms with Crippen LogP contribution in [0.15, 0.2) is 24.3 Å². The Kier molecular flexibility index (Phi) is 4.65. The molecule has 0 bridgehead atoms. The van der Waals surface area contributed by atoms with Crippen LogP contribution in [0.3, 0.4) is 0 Å².